The van der Waals surface area contributed by atoms with Crippen molar-refractivity contribution in [1.82, 2.24) is 9.97 Å². The van der Waals surface area contributed by atoms with E-state index in [0.717, 1.165) is 5.69 Å². The number of nitrogens with one attached hydrogen (secondary N) is 1. The predicted octanol–water partition coefficient (Wildman–Crippen LogP) is 3.87. The van der Waals surface area contributed by atoms with E-state index >= 15 is 0 Å². The lowest BCUT2D eigenvalue weighted by atomic mass is 10.1. The zero-order chi connectivity index (χ0) is 14.3. The molecule has 4 nitrogen and oxygen atoms in total. The summed E-state index contributed by atoms with van der Waals surface area (Å²) >= 11 is 0. The van der Waals surface area contributed by atoms with E-state index in [1.54, 1.807) is 19.4 Å². The monoisotopic (exact) mass is 259 g/mol. The Kier molecular flexibility index (Phi) is 5.79. The average Bonchev–Trinajstić information content (AvgIpc) is 2.40. The van der Waals surface area contributed by atoms with Gasteiger partial charge in [0.2, 0.25) is 11.8 Å². The van der Waals surface area contributed by atoms with Crippen LogP contribution < -0.4 is 10.1 Å². The molecule has 0 saturated carbocycles. The number of ether oxygens (including phenoxy) is 1. The van der Waals surface area contributed by atoms with Gasteiger partial charge in [0.1, 0.15) is 0 Å². The number of hydrogen-bond acceptors (Lipinski definition) is 4. The quantitative estimate of drug-likeness (QED) is 0.909. The maximum absolute atomic E-state index is 5.05. The van der Waals surface area contributed by atoms with Crippen molar-refractivity contribution in [3.05, 3.63) is 41.6 Å². The second kappa shape index (κ2) is 7.36. The first kappa shape index (κ1) is 15.0. The Morgan fingerprint density at radius 2 is 1.68 bits per heavy atom. The highest BCUT2D eigenvalue weighted by atomic mass is 16.5. The molecule has 1 heterocycles. The van der Waals surface area contributed by atoms with Crippen LogP contribution in [0.15, 0.2) is 30.5 Å². The van der Waals surface area contributed by atoms with Crippen LogP contribution in [0.1, 0.15) is 25.0 Å². The van der Waals surface area contributed by atoms with Gasteiger partial charge < -0.3 is 10.1 Å². The summed E-state index contributed by atoms with van der Waals surface area (Å²) in [5, 5.41) is 3.16. The number of methoxy groups -OCH3 is 1. The lowest BCUT2D eigenvalue weighted by molar-refractivity contribution is 0.397. The van der Waals surface area contributed by atoms with Crippen molar-refractivity contribution in [1.29, 1.82) is 0 Å². The molecular formula is C15H21N3O. The van der Waals surface area contributed by atoms with E-state index in [2.05, 4.69) is 47.3 Å². The number of hydrogen-bond donors (Lipinski definition) is 1. The molecular weight excluding hydrogens is 238 g/mol. The van der Waals surface area contributed by atoms with Crippen molar-refractivity contribution in [2.24, 2.45) is 0 Å². The van der Waals surface area contributed by atoms with Gasteiger partial charge in [0.25, 0.3) is 0 Å². The molecule has 102 valence electrons. The minimum Gasteiger partial charge on any atom is -0.481 e. The second-order valence-electron chi connectivity index (χ2n) is 3.92. The fraction of sp³-hybridized carbons (Fsp3) is 0.333. The van der Waals surface area contributed by atoms with Crippen LogP contribution in [-0.4, -0.2) is 17.1 Å². The van der Waals surface area contributed by atoms with Crippen LogP contribution in [0, 0.1) is 13.8 Å². The van der Waals surface area contributed by atoms with Gasteiger partial charge in [0.15, 0.2) is 0 Å². The molecule has 4 heteroatoms. The van der Waals surface area contributed by atoms with Crippen molar-refractivity contribution in [2.45, 2.75) is 27.7 Å². The Labute approximate surface area is 114 Å². The van der Waals surface area contributed by atoms with Crippen molar-refractivity contribution >= 4 is 11.6 Å². The van der Waals surface area contributed by atoms with Gasteiger partial charge in [0.05, 0.1) is 7.11 Å². The van der Waals surface area contributed by atoms with Crippen LogP contribution in [0.25, 0.3) is 0 Å². The molecule has 1 aromatic carbocycles. The molecule has 0 atom stereocenters. The van der Waals surface area contributed by atoms with Crippen LogP contribution in [0.3, 0.4) is 0 Å². The summed E-state index contributed by atoms with van der Waals surface area (Å²) < 4.78 is 5.05. The molecule has 0 radical (unpaired) electrons. The SMILES string of the molecule is CC.COc1ccnc(Nc2cc(C)cc(C)c2)n1. The van der Waals surface area contributed by atoms with Gasteiger partial charge in [-0.15, -0.1) is 0 Å². The Morgan fingerprint density at radius 3 is 2.26 bits per heavy atom. The number of rotatable bonds is 3. The van der Waals surface area contributed by atoms with Crippen LogP contribution in [0.2, 0.25) is 0 Å². The number of nitrogens with zero attached hydrogens (tertiary/aromatic N) is 2. The summed E-state index contributed by atoms with van der Waals surface area (Å²) in [5.41, 5.74) is 3.39. The zero-order valence-corrected chi connectivity index (χ0v) is 12.2. The van der Waals surface area contributed by atoms with Gasteiger partial charge >= 0.3 is 0 Å². The lowest BCUT2D eigenvalue weighted by Crippen LogP contribution is -1.98. The van der Waals surface area contributed by atoms with Crippen molar-refractivity contribution < 1.29 is 4.74 Å². The van der Waals surface area contributed by atoms with Crippen LogP contribution in [0.5, 0.6) is 5.88 Å². The largest absolute Gasteiger partial charge is 0.481 e. The zero-order valence-electron chi connectivity index (χ0n) is 12.2. The van der Waals surface area contributed by atoms with E-state index < -0.39 is 0 Å². The summed E-state index contributed by atoms with van der Waals surface area (Å²) in [6.45, 7) is 8.12. The summed E-state index contributed by atoms with van der Waals surface area (Å²) in [7, 11) is 1.59. The van der Waals surface area contributed by atoms with Gasteiger partial charge in [-0.1, -0.05) is 19.9 Å². The standard InChI is InChI=1S/C13H15N3O.C2H6/c1-9-6-10(2)8-11(7-9)15-13-14-5-4-12(16-13)17-3;1-2/h4-8H,1-3H3,(H,14,15,16);1-2H3. The average molecular weight is 259 g/mol. The molecule has 1 N–H and O–H groups in total. The molecule has 2 aromatic rings. The highest BCUT2D eigenvalue weighted by Gasteiger charge is 2.01. The summed E-state index contributed by atoms with van der Waals surface area (Å²) in [4.78, 5) is 8.34. The van der Waals surface area contributed by atoms with Crippen molar-refractivity contribution in [3.63, 3.8) is 0 Å². The molecule has 0 unspecified atom stereocenters. The molecule has 1 aromatic heterocycles. The normalized spacial score (nSPS) is 9.32. The third-order valence-electron chi connectivity index (χ3n) is 2.32. The van der Waals surface area contributed by atoms with Gasteiger partial charge in [-0.25, -0.2) is 4.98 Å². The molecule has 0 aliphatic carbocycles. The fourth-order valence-electron chi connectivity index (χ4n) is 1.69. The third-order valence-corrected chi connectivity index (χ3v) is 2.32. The topological polar surface area (TPSA) is 47.0 Å². The number of aromatic nitrogens is 2. The molecule has 0 amide bonds. The first-order chi connectivity index (χ1) is 9.17. The molecule has 2 rings (SSSR count). The van der Waals surface area contributed by atoms with E-state index in [9.17, 15) is 0 Å². The molecule has 0 fully saturated rings. The van der Waals surface area contributed by atoms with E-state index in [1.807, 2.05) is 13.8 Å². The highest BCUT2D eigenvalue weighted by Crippen LogP contribution is 2.18. The Hall–Kier alpha value is -2.10. The van der Waals surface area contributed by atoms with Gasteiger partial charge in [0, 0.05) is 18.0 Å². The van der Waals surface area contributed by atoms with Crippen molar-refractivity contribution in [3.8, 4) is 5.88 Å². The maximum Gasteiger partial charge on any atom is 0.230 e. The Morgan fingerprint density at radius 1 is 1.05 bits per heavy atom. The minimum absolute atomic E-state index is 0.536. The maximum atomic E-state index is 5.05. The van der Waals surface area contributed by atoms with E-state index in [-0.39, 0.29) is 0 Å². The summed E-state index contributed by atoms with van der Waals surface area (Å²) in [6, 6.07) is 7.94. The molecule has 0 spiro atoms. The fourth-order valence-corrected chi connectivity index (χ4v) is 1.69. The predicted molar refractivity (Wildman–Crippen MR) is 79.1 cm³/mol. The summed E-state index contributed by atoms with van der Waals surface area (Å²) in [6.07, 6.45) is 1.66. The molecule has 0 saturated heterocycles. The van der Waals surface area contributed by atoms with E-state index in [4.69, 9.17) is 4.74 Å². The third kappa shape index (κ3) is 4.58. The number of benzene rings is 1. The molecule has 0 aliphatic heterocycles. The minimum atomic E-state index is 0.536. The van der Waals surface area contributed by atoms with Gasteiger partial charge in [-0.2, -0.15) is 4.98 Å². The smallest absolute Gasteiger partial charge is 0.230 e. The highest BCUT2D eigenvalue weighted by molar-refractivity contribution is 5.56. The van der Waals surface area contributed by atoms with Crippen LogP contribution in [-0.2, 0) is 0 Å². The van der Waals surface area contributed by atoms with Crippen LogP contribution >= 0.6 is 0 Å². The summed E-state index contributed by atoms with van der Waals surface area (Å²) in [5.74, 6) is 1.08. The van der Waals surface area contributed by atoms with E-state index in [0.29, 0.717) is 11.8 Å². The first-order valence-corrected chi connectivity index (χ1v) is 6.40. The number of anilines is 2. The number of aryl methyl sites for hydroxylation is 2. The van der Waals surface area contributed by atoms with E-state index in [1.165, 1.54) is 11.1 Å². The van der Waals surface area contributed by atoms with Gasteiger partial charge in [-0.3, -0.25) is 0 Å². The molecule has 0 aliphatic rings. The Bertz CT molecular complexity index is 506. The van der Waals surface area contributed by atoms with Crippen molar-refractivity contribution in [2.75, 3.05) is 12.4 Å². The van der Waals surface area contributed by atoms with Crippen LogP contribution in [0.4, 0.5) is 11.6 Å². The second-order valence-corrected chi connectivity index (χ2v) is 3.92. The molecule has 19 heavy (non-hydrogen) atoms. The first-order valence-electron chi connectivity index (χ1n) is 6.40. The lowest BCUT2D eigenvalue weighted by Gasteiger charge is -2.07. The Balaban J connectivity index is 0.000000861. The molecule has 0 bridgehead atoms. The van der Waals surface area contributed by atoms with Gasteiger partial charge in [-0.05, 0) is 37.1 Å².